The number of aromatic hydroxyl groups is 1. The summed E-state index contributed by atoms with van der Waals surface area (Å²) in [5.74, 6) is 0.0178. The number of hydrogen-bond donors (Lipinski definition) is 2. The van der Waals surface area contributed by atoms with E-state index >= 15 is 0 Å². The number of nitrogens with zero attached hydrogens (tertiary/aromatic N) is 2. The van der Waals surface area contributed by atoms with Crippen molar-refractivity contribution in [3.05, 3.63) is 95.7 Å². The Balaban J connectivity index is 1.41. The number of phenols is 1. The van der Waals surface area contributed by atoms with Gasteiger partial charge in [0.2, 0.25) is 0 Å². The molecule has 0 fully saturated rings. The van der Waals surface area contributed by atoms with Gasteiger partial charge in [-0.1, -0.05) is 60.7 Å². The summed E-state index contributed by atoms with van der Waals surface area (Å²) in [6, 6.07) is 25.1. The number of amides is 1. The summed E-state index contributed by atoms with van der Waals surface area (Å²) in [6.07, 6.45) is 0.731. The Labute approximate surface area is 174 Å². The molecule has 0 unspecified atom stereocenters. The minimum atomic E-state index is -0.0804. The van der Waals surface area contributed by atoms with Crippen molar-refractivity contribution in [3.8, 4) is 28.1 Å². The Hall–Kier alpha value is -3.86. The third-order valence-corrected chi connectivity index (χ3v) is 5.58. The summed E-state index contributed by atoms with van der Waals surface area (Å²) in [4.78, 5) is 14.7. The molecule has 0 aliphatic carbocycles. The number of carbonyl (C=O) groups is 1. The third-order valence-electron chi connectivity index (χ3n) is 5.58. The van der Waals surface area contributed by atoms with Gasteiger partial charge in [0.05, 0.1) is 5.69 Å². The molecule has 148 valence electrons. The van der Waals surface area contributed by atoms with Crippen molar-refractivity contribution < 1.29 is 9.90 Å². The number of carbonyl (C=O) groups excluding carboxylic acids is 1. The van der Waals surface area contributed by atoms with Crippen molar-refractivity contribution in [1.29, 1.82) is 0 Å². The predicted molar refractivity (Wildman–Crippen MR) is 116 cm³/mol. The van der Waals surface area contributed by atoms with Crippen molar-refractivity contribution in [2.24, 2.45) is 0 Å². The number of phenolic OH excluding ortho intramolecular Hbond substituents is 1. The highest BCUT2D eigenvalue weighted by Gasteiger charge is 2.26. The Morgan fingerprint density at radius 1 is 0.900 bits per heavy atom. The Morgan fingerprint density at radius 3 is 2.40 bits per heavy atom. The fourth-order valence-corrected chi connectivity index (χ4v) is 3.98. The molecule has 5 heteroatoms. The minimum absolute atomic E-state index is 0.0804. The highest BCUT2D eigenvalue weighted by molar-refractivity contribution is 5.94. The fourth-order valence-electron chi connectivity index (χ4n) is 3.98. The number of rotatable bonds is 3. The molecule has 0 saturated heterocycles. The van der Waals surface area contributed by atoms with E-state index in [1.165, 1.54) is 11.6 Å². The third kappa shape index (κ3) is 3.35. The highest BCUT2D eigenvalue weighted by atomic mass is 16.3. The van der Waals surface area contributed by atoms with E-state index in [0.717, 1.165) is 34.5 Å². The molecule has 4 aromatic rings. The second-order valence-electron chi connectivity index (χ2n) is 7.50. The maximum atomic E-state index is 12.9. The molecule has 1 aromatic heterocycles. The van der Waals surface area contributed by atoms with Crippen LogP contribution >= 0.6 is 0 Å². The van der Waals surface area contributed by atoms with Crippen LogP contribution in [0.15, 0.2) is 78.9 Å². The van der Waals surface area contributed by atoms with Crippen LogP contribution in [0, 0.1) is 0 Å². The summed E-state index contributed by atoms with van der Waals surface area (Å²) in [7, 11) is 0. The van der Waals surface area contributed by atoms with Crippen LogP contribution in [0.25, 0.3) is 22.4 Å². The van der Waals surface area contributed by atoms with Crippen molar-refractivity contribution in [2.45, 2.75) is 13.0 Å². The van der Waals surface area contributed by atoms with Crippen molar-refractivity contribution in [1.82, 2.24) is 15.1 Å². The molecule has 0 atom stereocenters. The normalized spacial score (nSPS) is 13.1. The number of H-pyrrole nitrogens is 1. The van der Waals surface area contributed by atoms with Crippen LogP contribution < -0.4 is 0 Å². The zero-order valence-corrected chi connectivity index (χ0v) is 16.4. The number of fused-ring (bicyclic) bond motifs is 1. The van der Waals surface area contributed by atoms with Crippen LogP contribution in [0.1, 0.15) is 21.6 Å². The maximum absolute atomic E-state index is 12.9. The van der Waals surface area contributed by atoms with E-state index in [1.807, 2.05) is 23.1 Å². The number of nitrogens with one attached hydrogen (secondary N) is 1. The number of hydrogen-bond acceptors (Lipinski definition) is 3. The van der Waals surface area contributed by atoms with Gasteiger partial charge >= 0.3 is 0 Å². The monoisotopic (exact) mass is 395 g/mol. The van der Waals surface area contributed by atoms with Gasteiger partial charge in [0, 0.05) is 41.9 Å². The number of aromatic amines is 1. The largest absolute Gasteiger partial charge is 0.508 e. The second-order valence-corrected chi connectivity index (χ2v) is 7.50. The van der Waals surface area contributed by atoms with E-state index in [0.29, 0.717) is 18.7 Å². The van der Waals surface area contributed by atoms with Gasteiger partial charge < -0.3 is 10.0 Å². The summed E-state index contributed by atoms with van der Waals surface area (Å²) in [5.41, 5.74) is 6.88. The Bertz CT molecular complexity index is 1200. The molecule has 5 nitrogen and oxygen atoms in total. The van der Waals surface area contributed by atoms with Crippen molar-refractivity contribution in [2.75, 3.05) is 6.54 Å². The Morgan fingerprint density at radius 2 is 1.63 bits per heavy atom. The molecular weight excluding hydrogens is 374 g/mol. The minimum Gasteiger partial charge on any atom is -0.508 e. The smallest absolute Gasteiger partial charge is 0.254 e. The van der Waals surface area contributed by atoms with E-state index in [4.69, 9.17) is 0 Å². The molecular formula is C25H21N3O2. The van der Waals surface area contributed by atoms with E-state index in [-0.39, 0.29) is 11.7 Å². The van der Waals surface area contributed by atoms with Crippen LogP contribution in [0.2, 0.25) is 0 Å². The molecule has 1 amide bonds. The molecule has 0 saturated carbocycles. The maximum Gasteiger partial charge on any atom is 0.254 e. The van der Waals surface area contributed by atoms with Crippen LogP contribution in [0.3, 0.4) is 0 Å². The first-order valence-corrected chi connectivity index (χ1v) is 9.99. The lowest BCUT2D eigenvalue weighted by atomic mass is 9.98. The van der Waals surface area contributed by atoms with Gasteiger partial charge in [0.1, 0.15) is 5.75 Å². The molecule has 2 heterocycles. The first kappa shape index (κ1) is 18.2. The first-order valence-electron chi connectivity index (χ1n) is 9.99. The summed E-state index contributed by atoms with van der Waals surface area (Å²) < 4.78 is 0. The predicted octanol–water partition coefficient (Wildman–Crippen LogP) is 4.65. The average molecular weight is 395 g/mol. The summed E-state index contributed by atoms with van der Waals surface area (Å²) in [5, 5.41) is 17.4. The van der Waals surface area contributed by atoms with Gasteiger partial charge in [0.15, 0.2) is 0 Å². The molecule has 0 radical (unpaired) electrons. The van der Waals surface area contributed by atoms with Gasteiger partial charge in [0.25, 0.3) is 5.91 Å². The quantitative estimate of drug-likeness (QED) is 0.531. The van der Waals surface area contributed by atoms with Gasteiger partial charge in [-0.3, -0.25) is 9.89 Å². The summed E-state index contributed by atoms with van der Waals surface area (Å²) in [6.45, 7) is 1.12. The average Bonchev–Trinajstić information content (AvgIpc) is 3.22. The summed E-state index contributed by atoms with van der Waals surface area (Å²) >= 11 is 0. The van der Waals surface area contributed by atoms with Crippen molar-refractivity contribution in [3.63, 3.8) is 0 Å². The van der Waals surface area contributed by atoms with Crippen LogP contribution in [0.4, 0.5) is 0 Å². The molecule has 2 N–H and O–H groups in total. The molecule has 1 aliphatic heterocycles. The molecule has 3 aromatic carbocycles. The molecule has 1 aliphatic rings. The zero-order valence-electron chi connectivity index (χ0n) is 16.4. The SMILES string of the molecule is O=C(c1cccc(O)c1)N1CCc2[nH]nc(-c3ccc(-c4ccccc4)cc3)c2C1. The second kappa shape index (κ2) is 7.52. The Kier molecular flexibility index (Phi) is 4.56. The zero-order chi connectivity index (χ0) is 20.5. The van der Waals surface area contributed by atoms with E-state index < -0.39 is 0 Å². The van der Waals surface area contributed by atoms with E-state index in [1.54, 1.807) is 18.2 Å². The van der Waals surface area contributed by atoms with Gasteiger partial charge in [-0.25, -0.2) is 0 Å². The fraction of sp³-hybridized carbons (Fsp3) is 0.120. The van der Waals surface area contributed by atoms with Crippen LogP contribution in [-0.2, 0) is 13.0 Å². The van der Waals surface area contributed by atoms with Gasteiger partial charge in [-0.2, -0.15) is 5.10 Å². The standard InChI is InChI=1S/C25H21N3O2/c29-21-8-4-7-20(15-21)25(30)28-14-13-23-22(16-28)24(27-26-23)19-11-9-18(10-12-19)17-5-2-1-3-6-17/h1-12,15,29H,13-14,16H2,(H,26,27). The molecule has 30 heavy (non-hydrogen) atoms. The number of benzene rings is 3. The lowest BCUT2D eigenvalue weighted by Crippen LogP contribution is -2.35. The van der Waals surface area contributed by atoms with E-state index in [9.17, 15) is 9.90 Å². The topological polar surface area (TPSA) is 69.2 Å². The number of aromatic nitrogens is 2. The van der Waals surface area contributed by atoms with Crippen molar-refractivity contribution >= 4 is 5.91 Å². The lowest BCUT2D eigenvalue weighted by molar-refractivity contribution is 0.0734. The van der Waals surface area contributed by atoms with Gasteiger partial charge in [-0.05, 0) is 29.3 Å². The molecule has 0 bridgehead atoms. The molecule has 0 spiro atoms. The van der Waals surface area contributed by atoms with Crippen LogP contribution in [0.5, 0.6) is 5.75 Å². The van der Waals surface area contributed by atoms with Crippen LogP contribution in [-0.4, -0.2) is 32.7 Å². The van der Waals surface area contributed by atoms with Gasteiger partial charge in [-0.15, -0.1) is 0 Å². The lowest BCUT2D eigenvalue weighted by Gasteiger charge is -2.27. The van der Waals surface area contributed by atoms with E-state index in [2.05, 4.69) is 46.6 Å². The highest BCUT2D eigenvalue weighted by Crippen LogP contribution is 2.31. The molecule has 5 rings (SSSR count). The first-order chi connectivity index (χ1) is 14.7.